The highest BCUT2D eigenvalue weighted by Crippen LogP contribution is 2.37. The van der Waals surface area contributed by atoms with E-state index in [1.807, 2.05) is 30.3 Å². The number of H-pyrrole nitrogens is 1. The van der Waals surface area contributed by atoms with Gasteiger partial charge < -0.3 is 10.1 Å². The van der Waals surface area contributed by atoms with Crippen LogP contribution in [0.4, 0.5) is 5.69 Å². The van der Waals surface area contributed by atoms with Crippen LogP contribution in [0.5, 0.6) is 5.75 Å². The van der Waals surface area contributed by atoms with Crippen molar-refractivity contribution in [2.45, 2.75) is 60.2 Å². The van der Waals surface area contributed by atoms with Gasteiger partial charge in [-0.25, -0.2) is 18.5 Å². The number of hydrogen-bond donors (Lipinski definition) is 2. The fourth-order valence-electron chi connectivity index (χ4n) is 4.92. The standard InChI is InChI=1S/C32H31ClN6O4S3/c33-24-10-12-26(13-11-24)46(41,42)15-3-4-21-9-14-29(43-18-30-36-38-39-37-30)27(16-21)35-32(40)23-7-2-8-25(17-23)44-20-31-34-28(19-45-31)22-5-1-6-22/h2,7-14,16-17,19,22H,1,3-6,15,18,20H2,(H,35,40)(H,36,37,38,39). The number of hydrogen-bond acceptors (Lipinski definition) is 10. The Labute approximate surface area is 280 Å². The number of amides is 1. The van der Waals surface area contributed by atoms with Crippen LogP contribution in [0.15, 0.2) is 81.9 Å². The summed E-state index contributed by atoms with van der Waals surface area (Å²) in [5.74, 6) is 1.90. The molecule has 14 heteroatoms. The average Bonchev–Trinajstić information content (AvgIpc) is 3.72. The first kappa shape index (κ1) is 32.2. The van der Waals surface area contributed by atoms with Gasteiger partial charge in [-0.2, -0.15) is 0 Å². The SMILES string of the molecule is O=C(Nc1cc(CCCS(=O)(=O)c2ccc(Cl)cc2)ccc1OCc1nnn[nH]1)c1cccc(SCc2nc(C3CCC3)cs2)c1. The van der Waals surface area contributed by atoms with Crippen LogP contribution >= 0.6 is 34.7 Å². The van der Waals surface area contributed by atoms with Crippen LogP contribution in [0, 0.1) is 0 Å². The molecule has 1 aliphatic carbocycles. The highest BCUT2D eigenvalue weighted by molar-refractivity contribution is 7.98. The minimum absolute atomic E-state index is 0.0274. The number of aryl methyl sites for hydroxylation is 1. The molecule has 5 aromatic rings. The first-order chi connectivity index (χ1) is 22.3. The smallest absolute Gasteiger partial charge is 0.255 e. The van der Waals surface area contributed by atoms with E-state index in [0.717, 1.165) is 21.2 Å². The zero-order valence-corrected chi connectivity index (χ0v) is 27.9. The molecule has 0 aliphatic heterocycles. The van der Waals surface area contributed by atoms with Crippen LogP contribution in [0.3, 0.4) is 0 Å². The van der Waals surface area contributed by atoms with E-state index in [0.29, 0.717) is 46.6 Å². The van der Waals surface area contributed by atoms with Crippen LogP contribution in [0.1, 0.15) is 64.0 Å². The molecule has 0 bridgehead atoms. The lowest BCUT2D eigenvalue weighted by atomic mass is 9.83. The number of rotatable bonds is 14. The first-order valence-electron chi connectivity index (χ1n) is 14.8. The summed E-state index contributed by atoms with van der Waals surface area (Å²) in [6.07, 6.45) is 4.61. The third kappa shape index (κ3) is 8.32. The lowest BCUT2D eigenvalue weighted by Gasteiger charge is -2.22. The molecule has 10 nitrogen and oxygen atoms in total. The molecular weight excluding hydrogens is 664 g/mol. The molecule has 2 N–H and O–H groups in total. The number of aromatic nitrogens is 5. The summed E-state index contributed by atoms with van der Waals surface area (Å²) in [6, 6.07) is 19.1. The maximum absolute atomic E-state index is 13.5. The molecule has 1 saturated carbocycles. The molecule has 0 unspecified atom stereocenters. The number of carbonyl (C=O) groups is 1. The molecule has 2 heterocycles. The monoisotopic (exact) mass is 694 g/mol. The molecule has 0 atom stereocenters. The quantitative estimate of drug-likeness (QED) is 0.116. The summed E-state index contributed by atoms with van der Waals surface area (Å²) in [5.41, 5.74) is 3.02. The summed E-state index contributed by atoms with van der Waals surface area (Å²) in [4.78, 5) is 19.5. The van der Waals surface area contributed by atoms with Gasteiger partial charge >= 0.3 is 0 Å². The molecule has 1 aliphatic rings. The average molecular weight is 695 g/mol. The summed E-state index contributed by atoms with van der Waals surface area (Å²) in [7, 11) is -3.46. The number of halogens is 1. The van der Waals surface area contributed by atoms with Gasteiger partial charge in [0.05, 0.1) is 27.8 Å². The zero-order chi connectivity index (χ0) is 31.9. The van der Waals surface area contributed by atoms with Crippen LogP contribution in [0.25, 0.3) is 0 Å². The number of anilines is 1. The van der Waals surface area contributed by atoms with Crippen LogP contribution in [-0.2, 0) is 28.6 Å². The molecule has 2 aromatic heterocycles. The molecule has 0 saturated heterocycles. The number of tetrazole rings is 1. The second-order valence-electron chi connectivity index (χ2n) is 10.9. The van der Waals surface area contributed by atoms with Gasteiger partial charge in [-0.15, -0.1) is 28.2 Å². The molecule has 238 valence electrons. The number of nitrogens with zero attached hydrogens (tertiary/aromatic N) is 4. The molecule has 1 fully saturated rings. The van der Waals surface area contributed by atoms with E-state index in [1.54, 1.807) is 47.4 Å². The first-order valence-corrected chi connectivity index (χ1v) is 18.7. The lowest BCUT2D eigenvalue weighted by Crippen LogP contribution is -2.14. The van der Waals surface area contributed by atoms with Crippen molar-refractivity contribution in [2.24, 2.45) is 0 Å². The zero-order valence-electron chi connectivity index (χ0n) is 24.7. The number of carbonyl (C=O) groups excluding carboxylic acids is 1. The van der Waals surface area contributed by atoms with Gasteiger partial charge in [0.1, 0.15) is 17.4 Å². The number of benzene rings is 3. The van der Waals surface area contributed by atoms with Gasteiger partial charge in [0, 0.05) is 26.8 Å². The van der Waals surface area contributed by atoms with Crippen molar-refractivity contribution < 1.29 is 17.9 Å². The number of ether oxygens (including phenoxy) is 1. The van der Waals surface area contributed by atoms with Gasteiger partial charge in [-0.1, -0.05) is 30.2 Å². The molecule has 3 aromatic carbocycles. The van der Waals surface area contributed by atoms with E-state index in [1.165, 1.54) is 37.1 Å². The Bertz CT molecular complexity index is 1900. The largest absolute Gasteiger partial charge is 0.483 e. The summed E-state index contributed by atoms with van der Waals surface area (Å²) in [5, 5.41) is 20.4. The highest BCUT2D eigenvalue weighted by atomic mass is 35.5. The Morgan fingerprint density at radius 2 is 1.96 bits per heavy atom. The van der Waals surface area contributed by atoms with E-state index in [-0.39, 0.29) is 23.2 Å². The fourth-order valence-corrected chi connectivity index (χ4v) is 8.20. The highest BCUT2D eigenvalue weighted by Gasteiger charge is 2.22. The van der Waals surface area contributed by atoms with Gasteiger partial charge in [-0.05, 0) is 96.3 Å². The maximum atomic E-state index is 13.5. The van der Waals surface area contributed by atoms with Crippen molar-refractivity contribution in [3.63, 3.8) is 0 Å². The minimum atomic E-state index is -3.46. The molecule has 0 spiro atoms. The molecule has 6 rings (SSSR count). The summed E-state index contributed by atoms with van der Waals surface area (Å²) in [6.45, 7) is 0.0693. The Balaban J connectivity index is 1.12. The van der Waals surface area contributed by atoms with E-state index in [4.69, 9.17) is 21.3 Å². The third-order valence-electron chi connectivity index (χ3n) is 7.65. The van der Waals surface area contributed by atoms with Crippen molar-refractivity contribution >= 4 is 56.1 Å². The molecule has 0 radical (unpaired) electrons. The molecule has 46 heavy (non-hydrogen) atoms. The van der Waals surface area contributed by atoms with Crippen LogP contribution in [-0.4, -0.2) is 45.7 Å². The number of nitrogens with one attached hydrogen (secondary N) is 2. The predicted octanol–water partition coefficient (Wildman–Crippen LogP) is 7.11. The Morgan fingerprint density at radius 3 is 2.72 bits per heavy atom. The third-order valence-corrected chi connectivity index (χ3v) is 11.8. The molecule has 1 amide bonds. The Hall–Kier alpha value is -3.78. The topological polar surface area (TPSA) is 140 Å². The minimum Gasteiger partial charge on any atom is -0.483 e. The number of thioether (sulfide) groups is 1. The summed E-state index contributed by atoms with van der Waals surface area (Å²) < 4.78 is 31.6. The fraction of sp³-hybridized carbons (Fsp3) is 0.281. The second kappa shape index (κ2) is 14.8. The number of aromatic amines is 1. The van der Waals surface area contributed by atoms with Crippen molar-refractivity contribution in [1.29, 1.82) is 0 Å². The van der Waals surface area contributed by atoms with Crippen molar-refractivity contribution in [2.75, 3.05) is 11.1 Å². The molecular formula is C32H31ClN6O4S3. The Morgan fingerprint density at radius 1 is 1.11 bits per heavy atom. The van der Waals surface area contributed by atoms with Crippen molar-refractivity contribution in [3.05, 3.63) is 105 Å². The van der Waals surface area contributed by atoms with E-state index in [9.17, 15) is 13.2 Å². The second-order valence-corrected chi connectivity index (χ2v) is 15.4. The van der Waals surface area contributed by atoms with Gasteiger partial charge in [0.15, 0.2) is 15.7 Å². The number of sulfone groups is 1. The van der Waals surface area contributed by atoms with E-state index >= 15 is 0 Å². The normalized spacial score (nSPS) is 13.3. The van der Waals surface area contributed by atoms with Gasteiger partial charge in [0.25, 0.3) is 5.91 Å². The maximum Gasteiger partial charge on any atom is 0.255 e. The van der Waals surface area contributed by atoms with Crippen LogP contribution < -0.4 is 10.1 Å². The van der Waals surface area contributed by atoms with Crippen molar-refractivity contribution in [3.8, 4) is 5.75 Å². The van der Waals surface area contributed by atoms with Gasteiger partial charge in [0.2, 0.25) is 0 Å². The van der Waals surface area contributed by atoms with Gasteiger partial charge in [-0.3, -0.25) is 4.79 Å². The van der Waals surface area contributed by atoms with Crippen LogP contribution in [0.2, 0.25) is 5.02 Å². The van der Waals surface area contributed by atoms with E-state index in [2.05, 4.69) is 31.3 Å². The Kier molecular flexibility index (Phi) is 10.3. The lowest BCUT2D eigenvalue weighted by molar-refractivity contribution is 0.102. The van der Waals surface area contributed by atoms with E-state index < -0.39 is 9.84 Å². The van der Waals surface area contributed by atoms with Crippen molar-refractivity contribution in [1.82, 2.24) is 25.6 Å². The number of thiazole rings is 1. The predicted molar refractivity (Wildman–Crippen MR) is 179 cm³/mol. The summed E-state index contributed by atoms with van der Waals surface area (Å²) >= 11 is 9.25.